The topological polar surface area (TPSA) is 76.6 Å². The molecule has 0 atom stereocenters. The average molecular weight is 356 g/mol. The number of nitrogens with one attached hydrogen (secondary N) is 1. The number of amides is 1. The SMILES string of the molecule is COc1ccc(NC(=O)c2cnc(N3CCC(C)CC3)cn2)cc1OC. The number of hydrogen-bond donors (Lipinski definition) is 1. The van der Waals surface area contributed by atoms with Gasteiger partial charge in [0.15, 0.2) is 11.5 Å². The van der Waals surface area contributed by atoms with Crippen molar-refractivity contribution in [1.29, 1.82) is 0 Å². The fraction of sp³-hybridized carbons (Fsp3) is 0.421. The summed E-state index contributed by atoms with van der Waals surface area (Å²) in [5.41, 5.74) is 0.873. The molecule has 0 unspecified atom stereocenters. The van der Waals surface area contributed by atoms with Gasteiger partial charge in [-0.2, -0.15) is 0 Å². The summed E-state index contributed by atoms with van der Waals surface area (Å²) in [5, 5.41) is 2.80. The van der Waals surface area contributed by atoms with E-state index in [1.54, 1.807) is 38.6 Å². The van der Waals surface area contributed by atoms with Gasteiger partial charge in [0.2, 0.25) is 0 Å². The predicted molar refractivity (Wildman–Crippen MR) is 100 cm³/mol. The second kappa shape index (κ2) is 8.03. The van der Waals surface area contributed by atoms with Crippen LogP contribution in [0.2, 0.25) is 0 Å². The zero-order valence-corrected chi connectivity index (χ0v) is 15.4. The number of aromatic nitrogens is 2. The maximum atomic E-state index is 12.4. The zero-order chi connectivity index (χ0) is 18.5. The van der Waals surface area contributed by atoms with Gasteiger partial charge >= 0.3 is 0 Å². The summed E-state index contributed by atoms with van der Waals surface area (Å²) in [6.45, 7) is 4.23. The Morgan fingerprint density at radius 3 is 2.46 bits per heavy atom. The Hall–Kier alpha value is -2.83. The zero-order valence-electron chi connectivity index (χ0n) is 15.4. The summed E-state index contributed by atoms with van der Waals surface area (Å²) in [6.07, 6.45) is 5.50. The van der Waals surface area contributed by atoms with Crippen LogP contribution in [0.5, 0.6) is 11.5 Å². The molecule has 7 nitrogen and oxygen atoms in total. The number of rotatable bonds is 5. The summed E-state index contributed by atoms with van der Waals surface area (Å²) in [6, 6.07) is 5.18. The lowest BCUT2D eigenvalue weighted by Crippen LogP contribution is -2.33. The molecular formula is C19H24N4O3. The van der Waals surface area contributed by atoms with E-state index in [0.29, 0.717) is 17.2 Å². The fourth-order valence-corrected chi connectivity index (χ4v) is 2.95. The van der Waals surface area contributed by atoms with Gasteiger partial charge in [-0.1, -0.05) is 6.92 Å². The predicted octanol–water partition coefficient (Wildman–Crippen LogP) is 2.98. The molecule has 7 heteroatoms. The largest absolute Gasteiger partial charge is 0.493 e. The van der Waals surface area contributed by atoms with Gasteiger partial charge in [-0.3, -0.25) is 4.79 Å². The number of ether oxygens (including phenoxy) is 2. The Morgan fingerprint density at radius 2 is 1.85 bits per heavy atom. The van der Waals surface area contributed by atoms with Crippen LogP contribution in [0.15, 0.2) is 30.6 Å². The number of methoxy groups -OCH3 is 2. The molecule has 0 aliphatic carbocycles. The molecule has 1 fully saturated rings. The number of hydrogen-bond acceptors (Lipinski definition) is 6. The van der Waals surface area contributed by atoms with Crippen molar-refractivity contribution in [3.8, 4) is 11.5 Å². The van der Waals surface area contributed by atoms with E-state index in [2.05, 4.69) is 27.1 Å². The number of carbonyl (C=O) groups excluding carboxylic acids is 1. The fourth-order valence-electron chi connectivity index (χ4n) is 2.95. The van der Waals surface area contributed by atoms with Crippen LogP contribution in [-0.2, 0) is 0 Å². The van der Waals surface area contributed by atoms with Gasteiger partial charge in [-0.25, -0.2) is 9.97 Å². The highest BCUT2D eigenvalue weighted by Gasteiger charge is 2.18. The van der Waals surface area contributed by atoms with Crippen molar-refractivity contribution in [2.24, 2.45) is 5.92 Å². The Bertz CT molecular complexity index is 756. The number of benzene rings is 1. The lowest BCUT2D eigenvalue weighted by molar-refractivity contribution is 0.102. The summed E-state index contributed by atoms with van der Waals surface area (Å²) in [7, 11) is 3.12. The van der Waals surface area contributed by atoms with E-state index >= 15 is 0 Å². The molecule has 0 saturated carbocycles. The van der Waals surface area contributed by atoms with Crippen LogP contribution in [-0.4, -0.2) is 43.2 Å². The minimum atomic E-state index is -0.316. The van der Waals surface area contributed by atoms with Crippen molar-refractivity contribution in [2.45, 2.75) is 19.8 Å². The van der Waals surface area contributed by atoms with Crippen LogP contribution in [0.25, 0.3) is 0 Å². The summed E-state index contributed by atoms with van der Waals surface area (Å²) < 4.78 is 10.4. The molecule has 26 heavy (non-hydrogen) atoms. The quantitative estimate of drug-likeness (QED) is 0.887. The molecule has 1 aliphatic rings. The molecule has 1 saturated heterocycles. The van der Waals surface area contributed by atoms with Crippen LogP contribution in [0.4, 0.5) is 11.5 Å². The van der Waals surface area contributed by atoms with E-state index in [4.69, 9.17) is 9.47 Å². The standard InChI is InChI=1S/C19H24N4O3/c1-13-6-8-23(9-7-13)18-12-20-15(11-21-18)19(24)22-14-4-5-16(25-2)17(10-14)26-3/h4-5,10-13H,6-9H2,1-3H3,(H,22,24). The van der Waals surface area contributed by atoms with Crippen LogP contribution in [0.3, 0.4) is 0 Å². The first-order valence-electron chi connectivity index (χ1n) is 8.71. The van der Waals surface area contributed by atoms with Gasteiger partial charge in [-0.05, 0) is 30.9 Å². The molecule has 1 N–H and O–H groups in total. The Kier molecular flexibility index (Phi) is 5.55. The lowest BCUT2D eigenvalue weighted by Gasteiger charge is -2.30. The van der Waals surface area contributed by atoms with Crippen molar-refractivity contribution >= 4 is 17.4 Å². The van der Waals surface area contributed by atoms with Gasteiger partial charge < -0.3 is 19.7 Å². The first kappa shape index (κ1) is 18.0. The summed E-state index contributed by atoms with van der Waals surface area (Å²) >= 11 is 0. The molecule has 0 spiro atoms. The molecule has 3 rings (SSSR count). The molecule has 138 valence electrons. The molecule has 0 radical (unpaired) electrons. The van der Waals surface area contributed by atoms with Crippen molar-refractivity contribution in [3.63, 3.8) is 0 Å². The van der Waals surface area contributed by atoms with Crippen LogP contribution in [0.1, 0.15) is 30.3 Å². The van der Waals surface area contributed by atoms with E-state index in [1.807, 2.05) is 0 Å². The van der Waals surface area contributed by atoms with Gasteiger partial charge in [0.25, 0.3) is 5.91 Å². The highest BCUT2D eigenvalue weighted by Crippen LogP contribution is 2.29. The van der Waals surface area contributed by atoms with Crippen molar-refractivity contribution < 1.29 is 14.3 Å². The smallest absolute Gasteiger partial charge is 0.275 e. The summed E-state index contributed by atoms with van der Waals surface area (Å²) in [5.74, 6) is 2.41. The number of nitrogens with zero attached hydrogens (tertiary/aromatic N) is 3. The normalized spacial score (nSPS) is 14.8. The van der Waals surface area contributed by atoms with Crippen LogP contribution < -0.4 is 19.7 Å². The molecule has 1 amide bonds. The number of anilines is 2. The minimum Gasteiger partial charge on any atom is -0.493 e. The van der Waals surface area contributed by atoms with E-state index in [1.165, 1.54) is 6.20 Å². The van der Waals surface area contributed by atoms with Crippen LogP contribution >= 0.6 is 0 Å². The molecule has 1 aromatic heterocycles. The highest BCUT2D eigenvalue weighted by atomic mass is 16.5. The van der Waals surface area contributed by atoms with Gasteiger partial charge in [0.05, 0.1) is 26.6 Å². The third kappa shape index (κ3) is 4.04. The maximum absolute atomic E-state index is 12.4. The van der Waals surface area contributed by atoms with E-state index in [-0.39, 0.29) is 11.6 Å². The lowest BCUT2D eigenvalue weighted by atomic mass is 9.99. The molecule has 1 aliphatic heterocycles. The highest BCUT2D eigenvalue weighted by molar-refractivity contribution is 6.02. The van der Waals surface area contributed by atoms with Crippen molar-refractivity contribution in [3.05, 3.63) is 36.3 Å². The first-order chi connectivity index (χ1) is 12.6. The molecular weight excluding hydrogens is 332 g/mol. The second-order valence-corrected chi connectivity index (χ2v) is 6.45. The van der Waals surface area contributed by atoms with E-state index < -0.39 is 0 Å². The summed E-state index contributed by atoms with van der Waals surface area (Å²) in [4.78, 5) is 23.3. The minimum absolute atomic E-state index is 0.272. The molecule has 2 heterocycles. The van der Waals surface area contributed by atoms with E-state index in [0.717, 1.165) is 37.7 Å². The first-order valence-corrected chi connectivity index (χ1v) is 8.71. The third-order valence-corrected chi connectivity index (χ3v) is 4.62. The van der Waals surface area contributed by atoms with Crippen molar-refractivity contribution in [1.82, 2.24) is 9.97 Å². The molecule has 0 bridgehead atoms. The Morgan fingerprint density at radius 1 is 1.12 bits per heavy atom. The maximum Gasteiger partial charge on any atom is 0.275 e. The Balaban J connectivity index is 1.66. The number of piperidine rings is 1. The average Bonchev–Trinajstić information content (AvgIpc) is 2.68. The van der Waals surface area contributed by atoms with Gasteiger partial charge in [0, 0.05) is 24.8 Å². The van der Waals surface area contributed by atoms with E-state index in [9.17, 15) is 4.79 Å². The van der Waals surface area contributed by atoms with Gasteiger partial charge in [-0.15, -0.1) is 0 Å². The van der Waals surface area contributed by atoms with Crippen LogP contribution in [0, 0.1) is 5.92 Å². The monoisotopic (exact) mass is 356 g/mol. The number of carbonyl (C=O) groups is 1. The van der Waals surface area contributed by atoms with Crippen molar-refractivity contribution in [2.75, 3.05) is 37.5 Å². The Labute approximate surface area is 153 Å². The molecule has 1 aromatic carbocycles. The third-order valence-electron chi connectivity index (χ3n) is 4.62. The second-order valence-electron chi connectivity index (χ2n) is 6.45. The van der Waals surface area contributed by atoms with Gasteiger partial charge in [0.1, 0.15) is 11.5 Å². The molecule has 2 aromatic rings.